The van der Waals surface area contributed by atoms with Gasteiger partial charge in [-0.25, -0.2) is 4.99 Å². The lowest BCUT2D eigenvalue weighted by molar-refractivity contribution is 0.152. The average molecular weight is 347 g/mol. The van der Waals surface area contributed by atoms with Crippen molar-refractivity contribution in [2.24, 2.45) is 4.99 Å². The normalized spacial score (nSPS) is 19.0. The number of methoxy groups -OCH3 is 1. The predicted octanol–water partition coefficient (Wildman–Crippen LogP) is 2.76. The fourth-order valence-electron chi connectivity index (χ4n) is 3.16. The summed E-state index contributed by atoms with van der Waals surface area (Å²) in [6.07, 6.45) is 4.04. The highest BCUT2D eigenvalue weighted by Crippen LogP contribution is 2.19. The zero-order chi connectivity index (χ0) is 17.9. The van der Waals surface area contributed by atoms with Gasteiger partial charge in [0, 0.05) is 32.8 Å². The molecule has 5 nitrogen and oxygen atoms in total. The first-order valence-electron chi connectivity index (χ1n) is 9.56. The van der Waals surface area contributed by atoms with Crippen LogP contribution in [0.5, 0.6) is 0 Å². The number of benzene rings is 1. The molecule has 5 heteroatoms. The molecule has 1 heterocycles. The van der Waals surface area contributed by atoms with E-state index in [0.29, 0.717) is 19.2 Å². The third kappa shape index (κ3) is 7.04. The van der Waals surface area contributed by atoms with Crippen LogP contribution in [-0.4, -0.2) is 50.3 Å². The Morgan fingerprint density at radius 3 is 2.64 bits per heavy atom. The fraction of sp³-hybridized carbons (Fsp3) is 0.650. The first kappa shape index (κ1) is 19.7. The summed E-state index contributed by atoms with van der Waals surface area (Å²) in [5, 5.41) is 6.53. The van der Waals surface area contributed by atoms with Crippen LogP contribution in [0.25, 0.3) is 0 Å². The molecule has 1 atom stereocenters. The maximum absolute atomic E-state index is 5.07. The molecule has 1 fully saturated rings. The van der Waals surface area contributed by atoms with Crippen LogP contribution >= 0.6 is 0 Å². The Morgan fingerprint density at radius 1 is 1.20 bits per heavy atom. The minimum atomic E-state index is 0.675. The van der Waals surface area contributed by atoms with E-state index in [0.717, 1.165) is 25.6 Å². The number of aliphatic imine (C=N–C) groups is 1. The molecule has 1 aliphatic heterocycles. The molecule has 1 saturated heterocycles. The summed E-state index contributed by atoms with van der Waals surface area (Å²) in [6, 6.07) is 9.60. The Labute approximate surface area is 152 Å². The maximum atomic E-state index is 5.07. The molecule has 1 aromatic rings. The van der Waals surface area contributed by atoms with Gasteiger partial charge in [0.15, 0.2) is 5.96 Å². The third-order valence-corrected chi connectivity index (χ3v) is 4.71. The van der Waals surface area contributed by atoms with E-state index in [1.54, 1.807) is 7.11 Å². The molecule has 1 unspecified atom stereocenters. The van der Waals surface area contributed by atoms with Crippen LogP contribution < -0.4 is 10.6 Å². The zero-order valence-corrected chi connectivity index (χ0v) is 16.1. The van der Waals surface area contributed by atoms with Gasteiger partial charge >= 0.3 is 0 Å². The molecule has 2 N–H and O–H groups in total. The highest BCUT2D eigenvalue weighted by Gasteiger charge is 2.17. The van der Waals surface area contributed by atoms with Crippen molar-refractivity contribution < 1.29 is 4.74 Å². The molecule has 1 aromatic carbocycles. The van der Waals surface area contributed by atoms with Gasteiger partial charge < -0.3 is 15.4 Å². The van der Waals surface area contributed by atoms with Crippen molar-refractivity contribution in [3.8, 4) is 0 Å². The number of hydrogen-bond donors (Lipinski definition) is 2. The van der Waals surface area contributed by atoms with Crippen molar-refractivity contribution in [3.63, 3.8) is 0 Å². The number of nitrogens with zero attached hydrogens (tertiary/aromatic N) is 2. The number of piperidine rings is 1. The molecule has 25 heavy (non-hydrogen) atoms. The lowest BCUT2D eigenvalue weighted by Crippen LogP contribution is -2.38. The van der Waals surface area contributed by atoms with Crippen molar-refractivity contribution in [1.29, 1.82) is 0 Å². The number of hydrogen-bond acceptors (Lipinski definition) is 3. The van der Waals surface area contributed by atoms with E-state index in [1.807, 2.05) is 0 Å². The first-order chi connectivity index (χ1) is 12.2. The van der Waals surface area contributed by atoms with Crippen LogP contribution in [0.2, 0.25) is 0 Å². The van der Waals surface area contributed by atoms with E-state index in [2.05, 4.69) is 58.6 Å². The Morgan fingerprint density at radius 2 is 1.96 bits per heavy atom. The fourth-order valence-corrected chi connectivity index (χ4v) is 3.16. The minimum absolute atomic E-state index is 0.675. The van der Waals surface area contributed by atoms with Crippen LogP contribution in [0.3, 0.4) is 0 Å². The number of rotatable bonds is 8. The van der Waals surface area contributed by atoms with E-state index < -0.39 is 0 Å². The Balaban J connectivity index is 1.86. The van der Waals surface area contributed by atoms with Gasteiger partial charge in [0.2, 0.25) is 0 Å². The van der Waals surface area contributed by atoms with E-state index in [-0.39, 0.29) is 0 Å². The van der Waals surface area contributed by atoms with E-state index in [1.165, 1.54) is 36.9 Å². The second kappa shape index (κ2) is 11.1. The van der Waals surface area contributed by atoms with Gasteiger partial charge in [0.05, 0.1) is 13.2 Å². The molecule has 0 radical (unpaired) electrons. The quantitative estimate of drug-likeness (QED) is 0.432. The van der Waals surface area contributed by atoms with Crippen LogP contribution in [0.4, 0.5) is 0 Å². The van der Waals surface area contributed by atoms with Gasteiger partial charge in [-0.1, -0.05) is 30.7 Å². The molecule has 0 aliphatic carbocycles. The number of guanidine groups is 1. The first-order valence-corrected chi connectivity index (χ1v) is 9.56. The summed E-state index contributed by atoms with van der Waals surface area (Å²) < 4.78 is 5.07. The molecule has 0 aromatic heterocycles. The van der Waals surface area contributed by atoms with Gasteiger partial charge in [0.1, 0.15) is 0 Å². The van der Waals surface area contributed by atoms with Crippen molar-refractivity contribution in [2.75, 3.05) is 33.4 Å². The smallest absolute Gasteiger partial charge is 0.191 e. The average Bonchev–Trinajstić information content (AvgIpc) is 2.63. The van der Waals surface area contributed by atoms with Gasteiger partial charge in [0.25, 0.3) is 0 Å². The van der Waals surface area contributed by atoms with E-state index in [4.69, 9.17) is 4.74 Å². The second-order valence-corrected chi connectivity index (χ2v) is 6.75. The summed E-state index contributed by atoms with van der Waals surface area (Å²) in [4.78, 5) is 7.24. The minimum Gasteiger partial charge on any atom is -0.383 e. The topological polar surface area (TPSA) is 48.9 Å². The summed E-state index contributed by atoms with van der Waals surface area (Å²) in [7, 11) is 1.71. The van der Waals surface area contributed by atoms with Gasteiger partial charge in [-0.15, -0.1) is 0 Å². The van der Waals surface area contributed by atoms with Gasteiger partial charge in [-0.3, -0.25) is 4.90 Å². The van der Waals surface area contributed by atoms with Crippen LogP contribution in [0.1, 0.15) is 44.2 Å². The molecule has 2 rings (SSSR count). The van der Waals surface area contributed by atoms with Crippen molar-refractivity contribution in [2.45, 2.75) is 52.2 Å². The lowest BCUT2D eigenvalue weighted by Gasteiger charge is -2.33. The highest BCUT2D eigenvalue weighted by atomic mass is 16.5. The molecule has 0 bridgehead atoms. The van der Waals surface area contributed by atoms with E-state index >= 15 is 0 Å². The largest absolute Gasteiger partial charge is 0.383 e. The van der Waals surface area contributed by atoms with Crippen LogP contribution in [0.15, 0.2) is 29.3 Å². The molecule has 1 aliphatic rings. The SMILES string of the molecule is CCNC(=NCc1ccc(CN2CCCCC2C)cc1)NCCOC. The number of ether oxygens (including phenoxy) is 1. The summed E-state index contributed by atoms with van der Waals surface area (Å²) in [5.74, 6) is 0.839. The van der Waals surface area contributed by atoms with Crippen molar-refractivity contribution >= 4 is 5.96 Å². The molecule has 0 amide bonds. The molecular formula is C20H34N4O. The van der Waals surface area contributed by atoms with Gasteiger partial charge in [-0.05, 0) is 44.4 Å². The molecule has 0 spiro atoms. The third-order valence-electron chi connectivity index (χ3n) is 4.71. The van der Waals surface area contributed by atoms with Crippen molar-refractivity contribution in [3.05, 3.63) is 35.4 Å². The van der Waals surface area contributed by atoms with Crippen molar-refractivity contribution in [1.82, 2.24) is 15.5 Å². The number of nitrogens with one attached hydrogen (secondary N) is 2. The molecule has 140 valence electrons. The summed E-state index contributed by atoms with van der Waals surface area (Å²) in [5.41, 5.74) is 2.63. The lowest BCUT2D eigenvalue weighted by atomic mass is 10.0. The Bertz CT molecular complexity index is 515. The molecular weight excluding hydrogens is 312 g/mol. The molecule has 0 saturated carbocycles. The van der Waals surface area contributed by atoms with Gasteiger partial charge in [-0.2, -0.15) is 0 Å². The maximum Gasteiger partial charge on any atom is 0.191 e. The predicted molar refractivity (Wildman–Crippen MR) is 105 cm³/mol. The Hall–Kier alpha value is -1.59. The monoisotopic (exact) mass is 346 g/mol. The zero-order valence-electron chi connectivity index (χ0n) is 16.1. The Kier molecular flexibility index (Phi) is 8.77. The highest BCUT2D eigenvalue weighted by molar-refractivity contribution is 5.79. The van der Waals surface area contributed by atoms with E-state index in [9.17, 15) is 0 Å². The summed E-state index contributed by atoms with van der Waals surface area (Å²) >= 11 is 0. The standard InChI is InChI=1S/C20H34N4O/c1-4-21-20(22-12-14-25-3)23-15-18-8-10-19(11-9-18)16-24-13-6-5-7-17(24)2/h8-11,17H,4-7,12-16H2,1-3H3,(H2,21,22,23). The second-order valence-electron chi connectivity index (χ2n) is 6.75. The summed E-state index contributed by atoms with van der Waals surface area (Å²) in [6.45, 7) is 9.68. The van der Waals surface area contributed by atoms with Crippen LogP contribution in [-0.2, 0) is 17.8 Å². The number of likely N-dealkylation sites (tertiary alicyclic amines) is 1. The van der Waals surface area contributed by atoms with Crippen LogP contribution in [0, 0.1) is 0 Å².